The van der Waals surface area contributed by atoms with Crippen LogP contribution in [0.4, 0.5) is 0 Å². The smallest absolute Gasteiger partial charge is 0.240 e. The van der Waals surface area contributed by atoms with Crippen LogP contribution >= 0.6 is 24.8 Å². The van der Waals surface area contributed by atoms with E-state index in [4.69, 9.17) is 0 Å². The minimum absolute atomic E-state index is 0. The first-order valence-corrected chi connectivity index (χ1v) is 9.91. The van der Waals surface area contributed by atoms with Crippen molar-refractivity contribution < 1.29 is 4.79 Å². The number of amides is 1. The van der Waals surface area contributed by atoms with Gasteiger partial charge in [0.05, 0.1) is 6.04 Å². The largest absolute Gasteiger partial charge is 0.341 e. The molecule has 1 amide bonds. The van der Waals surface area contributed by atoms with Crippen LogP contribution in [0, 0.1) is 11.8 Å². The van der Waals surface area contributed by atoms with E-state index in [0.717, 1.165) is 44.9 Å². The van der Waals surface area contributed by atoms with Gasteiger partial charge in [0.15, 0.2) is 0 Å². The zero-order valence-electron chi connectivity index (χ0n) is 15.9. The van der Waals surface area contributed by atoms with Crippen molar-refractivity contribution in [3.05, 3.63) is 0 Å². The minimum atomic E-state index is 0. The molecular formula is C19H37Cl2N3O. The summed E-state index contributed by atoms with van der Waals surface area (Å²) < 4.78 is 0. The predicted octanol–water partition coefficient (Wildman–Crippen LogP) is 3.33. The third kappa shape index (κ3) is 6.57. The number of hydrogen-bond donors (Lipinski definition) is 1. The van der Waals surface area contributed by atoms with Gasteiger partial charge in [0.2, 0.25) is 5.91 Å². The Bertz CT molecular complexity index is 390. The molecule has 25 heavy (non-hydrogen) atoms. The minimum Gasteiger partial charge on any atom is -0.341 e. The average Bonchev–Trinajstić information content (AvgIpc) is 3.38. The highest BCUT2D eigenvalue weighted by molar-refractivity contribution is 5.85. The lowest BCUT2D eigenvalue weighted by Crippen LogP contribution is -2.55. The van der Waals surface area contributed by atoms with E-state index in [1.54, 1.807) is 0 Å². The van der Waals surface area contributed by atoms with Crippen LogP contribution in [0.3, 0.4) is 0 Å². The van der Waals surface area contributed by atoms with Crippen LogP contribution < -0.4 is 5.32 Å². The van der Waals surface area contributed by atoms with Crippen LogP contribution in [0.25, 0.3) is 0 Å². The molecule has 148 valence electrons. The highest BCUT2D eigenvalue weighted by Gasteiger charge is 2.34. The van der Waals surface area contributed by atoms with Crippen LogP contribution in [-0.2, 0) is 4.79 Å². The van der Waals surface area contributed by atoms with Crippen molar-refractivity contribution in [2.45, 2.75) is 70.9 Å². The number of piperidine rings is 2. The Morgan fingerprint density at radius 3 is 2.08 bits per heavy atom. The standard InChI is InChI=1S/C19H35N3O.2ClH/c1-15(2)18(21-10-4-3-5-11-21)19(23)22-12-8-17(9-13-22)20-14-16-6-7-16;;/h15-18,20H,3-14H2,1-2H3;2*1H. The van der Waals surface area contributed by atoms with Crippen molar-refractivity contribution in [3.8, 4) is 0 Å². The van der Waals surface area contributed by atoms with Crippen LogP contribution in [0.1, 0.15) is 58.8 Å². The number of carbonyl (C=O) groups is 1. The molecule has 0 spiro atoms. The molecule has 2 aliphatic heterocycles. The van der Waals surface area contributed by atoms with E-state index in [9.17, 15) is 4.79 Å². The molecule has 0 aromatic heterocycles. The summed E-state index contributed by atoms with van der Waals surface area (Å²) in [6.45, 7) is 9.71. The second-order valence-corrected chi connectivity index (χ2v) is 8.24. The summed E-state index contributed by atoms with van der Waals surface area (Å²) >= 11 is 0. The maximum absolute atomic E-state index is 13.1. The molecule has 3 rings (SSSR count). The maximum atomic E-state index is 13.1. The summed E-state index contributed by atoms with van der Waals surface area (Å²) in [5.41, 5.74) is 0. The van der Waals surface area contributed by atoms with E-state index in [0.29, 0.717) is 17.9 Å². The van der Waals surface area contributed by atoms with E-state index in [1.807, 2.05) is 0 Å². The summed E-state index contributed by atoms with van der Waals surface area (Å²) in [5.74, 6) is 1.74. The molecule has 2 heterocycles. The highest BCUT2D eigenvalue weighted by atomic mass is 35.5. The second-order valence-electron chi connectivity index (χ2n) is 8.24. The van der Waals surface area contributed by atoms with Crippen molar-refractivity contribution in [1.82, 2.24) is 15.1 Å². The Morgan fingerprint density at radius 2 is 1.56 bits per heavy atom. The van der Waals surface area contributed by atoms with Crippen molar-refractivity contribution in [3.63, 3.8) is 0 Å². The van der Waals surface area contributed by atoms with Gasteiger partial charge in [-0.2, -0.15) is 0 Å². The van der Waals surface area contributed by atoms with E-state index >= 15 is 0 Å². The van der Waals surface area contributed by atoms with Gasteiger partial charge in [0.1, 0.15) is 0 Å². The molecule has 0 bridgehead atoms. The van der Waals surface area contributed by atoms with Gasteiger partial charge in [0, 0.05) is 19.1 Å². The van der Waals surface area contributed by atoms with E-state index < -0.39 is 0 Å². The van der Waals surface area contributed by atoms with Crippen molar-refractivity contribution >= 4 is 30.7 Å². The first kappa shape index (κ1) is 23.0. The van der Waals surface area contributed by atoms with Crippen LogP contribution in [-0.4, -0.2) is 60.5 Å². The van der Waals surface area contributed by atoms with Gasteiger partial charge in [-0.15, -0.1) is 24.8 Å². The fourth-order valence-electron chi connectivity index (χ4n) is 4.21. The van der Waals surface area contributed by atoms with E-state index in [1.165, 1.54) is 38.6 Å². The summed E-state index contributed by atoms with van der Waals surface area (Å²) in [5, 5.41) is 3.71. The Kier molecular flexibility index (Phi) is 10.1. The Morgan fingerprint density at radius 1 is 0.960 bits per heavy atom. The molecule has 1 atom stereocenters. The number of rotatable bonds is 6. The number of likely N-dealkylation sites (tertiary alicyclic amines) is 2. The fourth-order valence-corrected chi connectivity index (χ4v) is 4.21. The number of hydrogen-bond acceptors (Lipinski definition) is 3. The summed E-state index contributed by atoms with van der Waals surface area (Å²) in [6, 6.07) is 0.735. The summed E-state index contributed by atoms with van der Waals surface area (Å²) in [6.07, 6.45) is 8.92. The molecular weight excluding hydrogens is 357 g/mol. The molecule has 1 aliphatic carbocycles. The Labute approximate surface area is 166 Å². The first-order valence-electron chi connectivity index (χ1n) is 9.91. The van der Waals surface area contributed by atoms with Crippen molar-refractivity contribution in [2.75, 3.05) is 32.7 Å². The summed E-state index contributed by atoms with van der Waals surface area (Å²) in [7, 11) is 0. The van der Waals surface area contributed by atoms with Gasteiger partial charge in [-0.25, -0.2) is 0 Å². The third-order valence-electron chi connectivity index (χ3n) is 5.87. The van der Waals surface area contributed by atoms with Gasteiger partial charge in [0.25, 0.3) is 0 Å². The average molecular weight is 394 g/mol. The maximum Gasteiger partial charge on any atom is 0.240 e. The molecule has 1 saturated carbocycles. The zero-order valence-corrected chi connectivity index (χ0v) is 17.5. The number of nitrogens with zero attached hydrogens (tertiary/aromatic N) is 2. The molecule has 0 aromatic rings. The van der Waals surface area contributed by atoms with Crippen molar-refractivity contribution in [1.29, 1.82) is 0 Å². The summed E-state index contributed by atoms with van der Waals surface area (Å²) in [4.78, 5) is 17.7. The quantitative estimate of drug-likeness (QED) is 0.751. The Balaban J connectivity index is 0.00000156. The van der Waals surface area contributed by atoms with Crippen molar-refractivity contribution in [2.24, 2.45) is 11.8 Å². The lowest BCUT2D eigenvalue weighted by atomic mass is 9.96. The predicted molar refractivity (Wildman–Crippen MR) is 109 cm³/mol. The number of nitrogens with one attached hydrogen (secondary N) is 1. The van der Waals surface area contributed by atoms with E-state index in [2.05, 4.69) is 29.0 Å². The van der Waals surface area contributed by atoms with E-state index in [-0.39, 0.29) is 30.9 Å². The lowest BCUT2D eigenvalue weighted by molar-refractivity contribution is -0.140. The molecule has 1 N–H and O–H groups in total. The fraction of sp³-hybridized carbons (Fsp3) is 0.947. The molecule has 6 heteroatoms. The lowest BCUT2D eigenvalue weighted by Gasteiger charge is -2.41. The topological polar surface area (TPSA) is 35.6 Å². The van der Waals surface area contributed by atoms with Gasteiger partial charge in [-0.1, -0.05) is 20.3 Å². The molecule has 3 fully saturated rings. The monoisotopic (exact) mass is 393 g/mol. The SMILES string of the molecule is CC(C)C(C(=O)N1CCC(NCC2CC2)CC1)N1CCCCC1.Cl.Cl. The molecule has 0 radical (unpaired) electrons. The second kappa shape index (κ2) is 11.0. The highest BCUT2D eigenvalue weighted by Crippen LogP contribution is 2.28. The normalized spacial score (nSPS) is 23.7. The molecule has 4 nitrogen and oxygen atoms in total. The number of halogens is 2. The van der Waals surface area contributed by atoms with Gasteiger partial charge in [-0.3, -0.25) is 9.69 Å². The van der Waals surface area contributed by atoms with Gasteiger partial charge in [-0.05, 0) is 70.0 Å². The number of carbonyl (C=O) groups excluding carboxylic acids is 1. The molecule has 0 aromatic carbocycles. The van der Waals surface area contributed by atoms with Gasteiger partial charge < -0.3 is 10.2 Å². The van der Waals surface area contributed by atoms with Crippen LogP contribution in [0.5, 0.6) is 0 Å². The molecule has 1 unspecified atom stereocenters. The van der Waals surface area contributed by atoms with Crippen LogP contribution in [0.15, 0.2) is 0 Å². The van der Waals surface area contributed by atoms with Crippen LogP contribution in [0.2, 0.25) is 0 Å². The molecule has 3 aliphatic rings. The zero-order chi connectivity index (χ0) is 16.2. The third-order valence-corrected chi connectivity index (χ3v) is 5.87. The molecule has 2 saturated heterocycles. The van der Waals surface area contributed by atoms with Gasteiger partial charge >= 0.3 is 0 Å². The first-order chi connectivity index (χ1) is 11.1. The Hall–Kier alpha value is -0.0300.